The van der Waals surface area contributed by atoms with Crippen molar-refractivity contribution in [3.05, 3.63) is 21.0 Å². The number of hydrogen-bond acceptors (Lipinski definition) is 4. The van der Waals surface area contributed by atoms with Gasteiger partial charge >= 0.3 is 0 Å². The molecule has 1 aliphatic rings. The molecule has 0 aliphatic carbocycles. The highest BCUT2D eigenvalue weighted by Gasteiger charge is 2.26. The first-order chi connectivity index (χ1) is 9.19. The van der Waals surface area contributed by atoms with Gasteiger partial charge in [-0.1, -0.05) is 13.3 Å². The summed E-state index contributed by atoms with van der Waals surface area (Å²) in [5, 5.41) is 7.56. The molecule has 2 heterocycles. The molecule has 0 amide bonds. The van der Waals surface area contributed by atoms with Crippen LogP contribution >= 0.6 is 15.9 Å². The van der Waals surface area contributed by atoms with Gasteiger partial charge in [-0.2, -0.15) is 5.10 Å². The molecule has 0 atom stereocenters. The van der Waals surface area contributed by atoms with Gasteiger partial charge in [0, 0.05) is 26.2 Å². The van der Waals surface area contributed by atoms with Crippen LogP contribution in [0.3, 0.4) is 0 Å². The number of aromatic nitrogens is 2. The second kappa shape index (κ2) is 6.52. The van der Waals surface area contributed by atoms with Crippen molar-refractivity contribution in [2.24, 2.45) is 0 Å². The van der Waals surface area contributed by atoms with Crippen LogP contribution in [-0.2, 0) is 6.54 Å². The fourth-order valence-corrected chi connectivity index (χ4v) is 2.78. The molecule has 0 saturated carbocycles. The molecule has 106 valence electrons. The maximum Gasteiger partial charge on any atom is 0.283 e. The van der Waals surface area contributed by atoms with E-state index in [9.17, 15) is 4.79 Å². The maximum atomic E-state index is 12.3. The number of nitrogens with zero attached hydrogens (tertiary/aromatic N) is 3. The summed E-state index contributed by atoms with van der Waals surface area (Å²) in [5.74, 6) is 0. The number of rotatable bonds is 6. The molecule has 1 saturated heterocycles. The minimum atomic E-state index is -0.0308. The summed E-state index contributed by atoms with van der Waals surface area (Å²) in [7, 11) is 0. The van der Waals surface area contributed by atoms with Crippen LogP contribution in [0.2, 0.25) is 0 Å². The Kier molecular flexibility index (Phi) is 4.99. The second-order valence-electron chi connectivity index (χ2n) is 4.82. The van der Waals surface area contributed by atoms with Crippen molar-refractivity contribution >= 4 is 21.6 Å². The molecule has 1 N–H and O–H groups in total. The van der Waals surface area contributed by atoms with E-state index in [1.807, 2.05) is 6.20 Å². The van der Waals surface area contributed by atoms with Gasteiger partial charge in [-0.05, 0) is 29.3 Å². The number of unbranched alkanes of at least 4 members (excludes halogenated alkanes) is 1. The number of hydrogen-bond donors (Lipinski definition) is 1. The summed E-state index contributed by atoms with van der Waals surface area (Å²) in [6.07, 6.45) is 3.84. The normalized spacial score (nSPS) is 15.3. The van der Waals surface area contributed by atoms with Crippen molar-refractivity contribution in [1.82, 2.24) is 15.1 Å². The quantitative estimate of drug-likeness (QED) is 0.861. The zero-order valence-corrected chi connectivity index (χ0v) is 13.1. The minimum Gasteiger partial charge on any atom is -0.364 e. The van der Waals surface area contributed by atoms with Gasteiger partial charge in [0.1, 0.15) is 4.47 Å². The van der Waals surface area contributed by atoms with E-state index in [1.165, 1.54) is 0 Å². The zero-order valence-electron chi connectivity index (χ0n) is 11.5. The summed E-state index contributed by atoms with van der Waals surface area (Å²) in [5.41, 5.74) is 0.878. The summed E-state index contributed by atoms with van der Waals surface area (Å²) in [6.45, 7) is 7.72. The predicted octanol–water partition coefficient (Wildman–Crippen LogP) is 1.60. The van der Waals surface area contributed by atoms with E-state index in [0.29, 0.717) is 17.1 Å². The fraction of sp³-hybridized carbons (Fsp3) is 0.692. The number of nitrogens with one attached hydrogen (secondary N) is 1. The number of halogens is 1. The fourth-order valence-electron chi connectivity index (χ4n) is 2.24. The Hall–Kier alpha value is -0.880. The molecule has 1 aromatic rings. The van der Waals surface area contributed by atoms with E-state index in [4.69, 9.17) is 0 Å². The van der Waals surface area contributed by atoms with Crippen molar-refractivity contribution in [1.29, 1.82) is 0 Å². The lowest BCUT2D eigenvalue weighted by Gasteiger charge is -2.39. The van der Waals surface area contributed by atoms with Crippen molar-refractivity contribution in [2.45, 2.75) is 39.3 Å². The summed E-state index contributed by atoms with van der Waals surface area (Å²) in [4.78, 5) is 14.5. The largest absolute Gasteiger partial charge is 0.364 e. The molecule has 1 aromatic heterocycles. The molecule has 0 unspecified atom stereocenters. The van der Waals surface area contributed by atoms with Crippen LogP contribution in [0, 0.1) is 0 Å². The third kappa shape index (κ3) is 3.00. The highest BCUT2D eigenvalue weighted by Crippen LogP contribution is 2.24. The van der Waals surface area contributed by atoms with E-state index in [-0.39, 0.29) is 5.56 Å². The first kappa shape index (κ1) is 14.5. The van der Waals surface area contributed by atoms with Gasteiger partial charge in [-0.25, -0.2) is 4.68 Å². The molecule has 5 nitrogen and oxygen atoms in total. The molecule has 0 spiro atoms. The Morgan fingerprint density at radius 2 is 2.26 bits per heavy atom. The minimum absolute atomic E-state index is 0.0308. The number of likely N-dealkylation sites (N-methyl/N-ethyl adjacent to an activating group) is 1. The van der Waals surface area contributed by atoms with Crippen LogP contribution in [0.4, 0.5) is 5.69 Å². The van der Waals surface area contributed by atoms with Crippen molar-refractivity contribution < 1.29 is 0 Å². The molecule has 1 aliphatic heterocycles. The standard InChI is InChI=1S/C13H21BrN4O/c1-3-5-6-18-13(19)12(14)11(9-16-18)17(4-2)10-7-15-8-10/h9-10,15H,3-8H2,1-2H3. The molecule has 19 heavy (non-hydrogen) atoms. The van der Waals surface area contributed by atoms with Crippen molar-refractivity contribution in [3.8, 4) is 0 Å². The summed E-state index contributed by atoms with van der Waals surface area (Å²) >= 11 is 3.45. The van der Waals surface area contributed by atoms with Crippen LogP contribution in [0.25, 0.3) is 0 Å². The maximum absolute atomic E-state index is 12.3. The van der Waals surface area contributed by atoms with Gasteiger partial charge < -0.3 is 10.2 Å². The molecule has 2 rings (SSSR count). The monoisotopic (exact) mass is 328 g/mol. The van der Waals surface area contributed by atoms with Crippen LogP contribution in [0.1, 0.15) is 26.7 Å². The Morgan fingerprint density at radius 1 is 1.53 bits per heavy atom. The van der Waals surface area contributed by atoms with E-state index in [0.717, 1.165) is 38.2 Å². The Balaban J connectivity index is 2.26. The van der Waals surface area contributed by atoms with Crippen LogP contribution in [0.5, 0.6) is 0 Å². The van der Waals surface area contributed by atoms with Gasteiger partial charge in [0.15, 0.2) is 0 Å². The Morgan fingerprint density at radius 3 is 2.79 bits per heavy atom. The molecular weight excluding hydrogens is 308 g/mol. The van der Waals surface area contributed by atoms with E-state index in [2.05, 4.69) is 45.1 Å². The topological polar surface area (TPSA) is 50.2 Å². The van der Waals surface area contributed by atoms with E-state index in [1.54, 1.807) is 4.68 Å². The first-order valence-electron chi connectivity index (χ1n) is 6.92. The average Bonchev–Trinajstić information content (AvgIpc) is 2.36. The van der Waals surface area contributed by atoms with Crippen LogP contribution < -0.4 is 15.8 Å². The SMILES string of the molecule is CCCCn1ncc(N(CC)C2CNC2)c(Br)c1=O. The first-order valence-corrected chi connectivity index (χ1v) is 7.71. The molecule has 1 fully saturated rings. The van der Waals surface area contributed by atoms with E-state index < -0.39 is 0 Å². The lowest BCUT2D eigenvalue weighted by molar-refractivity contribution is 0.415. The van der Waals surface area contributed by atoms with Crippen LogP contribution in [0.15, 0.2) is 15.5 Å². The Labute approximate surface area is 122 Å². The van der Waals surface area contributed by atoms with Crippen molar-refractivity contribution in [2.75, 3.05) is 24.5 Å². The van der Waals surface area contributed by atoms with Crippen molar-refractivity contribution in [3.63, 3.8) is 0 Å². The third-order valence-corrected chi connectivity index (χ3v) is 4.29. The average molecular weight is 329 g/mol. The van der Waals surface area contributed by atoms with Gasteiger partial charge in [0.2, 0.25) is 0 Å². The van der Waals surface area contributed by atoms with Gasteiger partial charge in [-0.3, -0.25) is 4.79 Å². The predicted molar refractivity (Wildman–Crippen MR) is 80.8 cm³/mol. The Bertz CT molecular complexity index is 484. The van der Waals surface area contributed by atoms with Gasteiger partial charge in [0.25, 0.3) is 5.56 Å². The molecule has 0 aromatic carbocycles. The van der Waals surface area contributed by atoms with Gasteiger partial charge in [0.05, 0.1) is 17.9 Å². The summed E-state index contributed by atoms with van der Waals surface area (Å²) in [6, 6.07) is 0.467. The molecular formula is C13H21BrN4O. The van der Waals surface area contributed by atoms with Crippen LogP contribution in [-0.4, -0.2) is 35.5 Å². The lowest BCUT2D eigenvalue weighted by Crippen LogP contribution is -2.57. The van der Waals surface area contributed by atoms with E-state index >= 15 is 0 Å². The third-order valence-electron chi connectivity index (χ3n) is 3.54. The lowest BCUT2D eigenvalue weighted by atomic mass is 10.1. The van der Waals surface area contributed by atoms with Gasteiger partial charge in [-0.15, -0.1) is 0 Å². The highest BCUT2D eigenvalue weighted by atomic mass is 79.9. The summed E-state index contributed by atoms with van der Waals surface area (Å²) < 4.78 is 2.18. The zero-order chi connectivity index (χ0) is 13.8. The molecule has 6 heteroatoms. The molecule has 0 radical (unpaired) electrons. The second-order valence-corrected chi connectivity index (χ2v) is 5.62. The number of aryl methyl sites for hydroxylation is 1. The highest BCUT2D eigenvalue weighted by molar-refractivity contribution is 9.10. The molecule has 0 bridgehead atoms. The number of anilines is 1. The smallest absolute Gasteiger partial charge is 0.283 e.